The highest BCUT2D eigenvalue weighted by Gasteiger charge is 1.97. The van der Waals surface area contributed by atoms with Crippen LogP contribution in [0.4, 0.5) is 0 Å². The smallest absolute Gasteiger partial charge is 0.128 e. The molecule has 0 N–H and O–H groups in total. The lowest BCUT2D eigenvalue weighted by atomic mass is 10.3. The average molecular weight is 327 g/mol. The molecule has 2 rings (SSSR count). The second-order valence-corrected chi connectivity index (χ2v) is 4.70. The molecule has 1 nitrogen and oxygen atoms in total. The number of hydrogen-bond acceptors (Lipinski definition) is 1. The largest absolute Gasteiger partial charge is 0.457 e. The van der Waals surface area contributed by atoms with Crippen molar-refractivity contribution in [3.05, 3.63) is 57.5 Å². The van der Waals surface area contributed by atoms with Crippen molar-refractivity contribution < 1.29 is 4.74 Å². The molecular formula is C12H7Br2O. The van der Waals surface area contributed by atoms with Gasteiger partial charge in [0.15, 0.2) is 0 Å². The first-order chi connectivity index (χ1) is 7.24. The monoisotopic (exact) mass is 325 g/mol. The normalized spacial score (nSPS) is 10.0. The molecular weight excluding hydrogens is 320 g/mol. The lowest BCUT2D eigenvalue weighted by molar-refractivity contribution is 0.482. The second-order valence-electron chi connectivity index (χ2n) is 2.93. The first kappa shape index (κ1) is 10.7. The van der Waals surface area contributed by atoms with Gasteiger partial charge in [0.25, 0.3) is 0 Å². The predicted octanol–water partition coefficient (Wildman–Crippen LogP) is 4.80. The molecule has 0 atom stereocenters. The number of hydrogen-bond donors (Lipinski definition) is 0. The van der Waals surface area contributed by atoms with Gasteiger partial charge in [-0.15, -0.1) is 0 Å². The maximum absolute atomic E-state index is 5.64. The van der Waals surface area contributed by atoms with E-state index in [1.165, 1.54) is 0 Å². The van der Waals surface area contributed by atoms with Crippen LogP contribution in [-0.4, -0.2) is 0 Å². The lowest BCUT2D eigenvalue weighted by Crippen LogP contribution is -1.83. The van der Waals surface area contributed by atoms with E-state index in [0.29, 0.717) is 0 Å². The average Bonchev–Trinajstić information content (AvgIpc) is 2.22. The van der Waals surface area contributed by atoms with Gasteiger partial charge in [0.2, 0.25) is 0 Å². The molecule has 0 aliphatic carbocycles. The van der Waals surface area contributed by atoms with E-state index >= 15 is 0 Å². The van der Waals surface area contributed by atoms with Gasteiger partial charge in [-0.25, -0.2) is 0 Å². The van der Waals surface area contributed by atoms with Gasteiger partial charge in [0.1, 0.15) is 11.5 Å². The van der Waals surface area contributed by atoms with E-state index in [9.17, 15) is 0 Å². The van der Waals surface area contributed by atoms with Crippen LogP contribution in [0.15, 0.2) is 51.4 Å². The molecule has 0 bridgehead atoms. The molecule has 0 saturated carbocycles. The first-order valence-corrected chi connectivity index (χ1v) is 5.93. The summed E-state index contributed by atoms with van der Waals surface area (Å²) in [6.07, 6.45) is 0. The Bertz CT molecular complexity index is 451. The Morgan fingerprint density at radius 2 is 1.67 bits per heavy atom. The van der Waals surface area contributed by atoms with Crippen molar-refractivity contribution in [3.63, 3.8) is 0 Å². The van der Waals surface area contributed by atoms with Crippen molar-refractivity contribution >= 4 is 31.9 Å². The van der Waals surface area contributed by atoms with Crippen molar-refractivity contribution in [2.24, 2.45) is 0 Å². The van der Waals surface area contributed by atoms with Crippen LogP contribution >= 0.6 is 31.9 Å². The van der Waals surface area contributed by atoms with Gasteiger partial charge in [-0.05, 0) is 48.5 Å². The fourth-order valence-corrected chi connectivity index (χ4v) is 1.74. The summed E-state index contributed by atoms with van der Waals surface area (Å²) in [6.45, 7) is 0. The van der Waals surface area contributed by atoms with Gasteiger partial charge in [-0.3, -0.25) is 0 Å². The summed E-state index contributed by atoms with van der Waals surface area (Å²) >= 11 is 6.72. The highest BCUT2D eigenvalue weighted by atomic mass is 79.9. The molecule has 0 aliphatic heterocycles. The summed E-state index contributed by atoms with van der Waals surface area (Å²) in [5, 5.41) is 0. The van der Waals surface area contributed by atoms with Crippen LogP contribution in [0.25, 0.3) is 0 Å². The van der Waals surface area contributed by atoms with Crippen molar-refractivity contribution in [3.8, 4) is 11.5 Å². The third kappa shape index (κ3) is 3.08. The molecule has 0 saturated heterocycles. The highest BCUT2D eigenvalue weighted by molar-refractivity contribution is 9.10. The standard InChI is InChI=1S/C12H7Br2O/c13-9-4-6-11(7-5-9)15-12-3-1-2-10(14)8-12/h1,3-8H. The molecule has 0 spiro atoms. The van der Waals surface area contributed by atoms with Crippen molar-refractivity contribution in [2.75, 3.05) is 0 Å². The molecule has 0 unspecified atom stereocenters. The van der Waals surface area contributed by atoms with E-state index in [-0.39, 0.29) is 0 Å². The molecule has 2 aromatic rings. The van der Waals surface area contributed by atoms with E-state index in [1.54, 1.807) is 0 Å². The molecule has 2 aromatic carbocycles. The van der Waals surface area contributed by atoms with Crippen LogP contribution in [0.3, 0.4) is 0 Å². The third-order valence-electron chi connectivity index (χ3n) is 1.79. The molecule has 0 heterocycles. The van der Waals surface area contributed by atoms with Gasteiger partial charge in [0.05, 0.1) is 0 Å². The fraction of sp³-hybridized carbons (Fsp3) is 0. The zero-order valence-corrected chi connectivity index (χ0v) is 10.9. The number of ether oxygens (including phenoxy) is 1. The molecule has 0 aromatic heterocycles. The predicted molar refractivity (Wildman–Crippen MR) is 67.2 cm³/mol. The minimum Gasteiger partial charge on any atom is -0.457 e. The summed E-state index contributed by atoms with van der Waals surface area (Å²) in [5.74, 6) is 1.61. The third-order valence-corrected chi connectivity index (χ3v) is 2.77. The zero-order valence-electron chi connectivity index (χ0n) is 7.71. The Balaban J connectivity index is 2.18. The Morgan fingerprint density at radius 1 is 0.933 bits per heavy atom. The van der Waals surface area contributed by atoms with Crippen LogP contribution in [0.2, 0.25) is 0 Å². The minimum atomic E-state index is 0.794. The summed E-state index contributed by atoms with van der Waals surface area (Å²) < 4.78 is 7.57. The van der Waals surface area contributed by atoms with Crippen LogP contribution in [0, 0.1) is 6.07 Å². The van der Waals surface area contributed by atoms with Crippen molar-refractivity contribution in [2.45, 2.75) is 0 Å². The summed E-state index contributed by atoms with van der Waals surface area (Å²) in [5.41, 5.74) is 0. The number of rotatable bonds is 2. The Labute approximate surface area is 105 Å². The molecule has 0 amide bonds. The minimum absolute atomic E-state index is 0.794. The van der Waals surface area contributed by atoms with E-state index in [0.717, 1.165) is 20.4 Å². The van der Waals surface area contributed by atoms with Gasteiger partial charge >= 0.3 is 0 Å². The first-order valence-electron chi connectivity index (χ1n) is 4.35. The van der Waals surface area contributed by atoms with E-state index in [2.05, 4.69) is 37.9 Å². The second kappa shape index (κ2) is 4.81. The number of halogens is 2. The lowest BCUT2D eigenvalue weighted by Gasteiger charge is -2.05. The molecule has 3 heteroatoms. The van der Waals surface area contributed by atoms with Gasteiger partial charge in [-0.2, -0.15) is 0 Å². The van der Waals surface area contributed by atoms with Gasteiger partial charge in [-0.1, -0.05) is 31.9 Å². The van der Waals surface area contributed by atoms with Crippen LogP contribution in [-0.2, 0) is 0 Å². The van der Waals surface area contributed by atoms with Crippen molar-refractivity contribution in [1.82, 2.24) is 0 Å². The summed E-state index contributed by atoms with van der Waals surface area (Å²) in [4.78, 5) is 0. The molecule has 15 heavy (non-hydrogen) atoms. The highest BCUT2D eigenvalue weighted by Crippen LogP contribution is 2.25. The Morgan fingerprint density at radius 3 is 2.33 bits per heavy atom. The SMILES string of the molecule is Brc1[c]ccc(Oc2ccc(Br)cc2)c1. The van der Waals surface area contributed by atoms with Crippen LogP contribution < -0.4 is 4.74 Å². The van der Waals surface area contributed by atoms with Crippen molar-refractivity contribution in [1.29, 1.82) is 0 Å². The van der Waals surface area contributed by atoms with Gasteiger partial charge < -0.3 is 4.74 Å². The molecule has 0 aliphatic rings. The number of benzene rings is 2. The zero-order chi connectivity index (χ0) is 10.7. The fourth-order valence-electron chi connectivity index (χ4n) is 1.12. The summed E-state index contributed by atoms with van der Waals surface area (Å²) in [6, 6.07) is 16.3. The molecule has 0 fully saturated rings. The molecule has 75 valence electrons. The maximum atomic E-state index is 5.64. The van der Waals surface area contributed by atoms with Crippen LogP contribution in [0.5, 0.6) is 11.5 Å². The maximum Gasteiger partial charge on any atom is 0.128 e. The van der Waals surface area contributed by atoms with E-state index in [1.807, 2.05) is 42.5 Å². The van der Waals surface area contributed by atoms with Crippen LogP contribution in [0.1, 0.15) is 0 Å². The Hall–Kier alpha value is -0.800. The molecule has 1 radical (unpaired) electrons. The quantitative estimate of drug-likeness (QED) is 0.770. The topological polar surface area (TPSA) is 9.23 Å². The summed E-state index contributed by atoms with van der Waals surface area (Å²) in [7, 11) is 0. The van der Waals surface area contributed by atoms with Gasteiger partial charge in [0, 0.05) is 8.95 Å². The Kier molecular flexibility index (Phi) is 3.44. The van der Waals surface area contributed by atoms with E-state index < -0.39 is 0 Å². The van der Waals surface area contributed by atoms with E-state index in [4.69, 9.17) is 4.74 Å².